The molecule has 110 valence electrons. The molecule has 0 saturated carbocycles. The van der Waals surface area contributed by atoms with Crippen LogP contribution in [0.15, 0.2) is 12.2 Å². The smallest absolute Gasteiger partial charge is 0.339 e. The summed E-state index contributed by atoms with van der Waals surface area (Å²) in [6.07, 6.45) is 5.65. The van der Waals surface area contributed by atoms with Gasteiger partial charge in [0.25, 0.3) is 0 Å². The van der Waals surface area contributed by atoms with E-state index in [9.17, 15) is 14.7 Å². The summed E-state index contributed by atoms with van der Waals surface area (Å²) in [5.74, 6) is -1.02. The molecular formula is C14H18ClNO4. The Bertz CT molecular complexity index is 466. The number of rotatable bonds is 4. The maximum absolute atomic E-state index is 12.0. The minimum atomic E-state index is -1.26. The lowest BCUT2D eigenvalue weighted by Crippen LogP contribution is -2.74. The minimum Gasteiger partial charge on any atom is -0.456 e. The van der Waals surface area contributed by atoms with Crippen molar-refractivity contribution in [3.8, 4) is 0 Å². The molecule has 0 spiro atoms. The highest BCUT2D eigenvalue weighted by Gasteiger charge is 2.72. The fourth-order valence-electron chi connectivity index (χ4n) is 3.52. The van der Waals surface area contributed by atoms with E-state index in [0.717, 1.165) is 19.3 Å². The lowest BCUT2D eigenvalue weighted by Gasteiger charge is -2.47. The van der Waals surface area contributed by atoms with Crippen LogP contribution in [0.5, 0.6) is 0 Å². The summed E-state index contributed by atoms with van der Waals surface area (Å²) in [6, 6.07) is 0. The van der Waals surface area contributed by atoms with Crippen molar-refractivity contribution < 1.29 is 19.4 Å². The van der Waals surface area contributed by atoms with E-state index < -0.39 is 29.6 Å². The first-order valence-electron chi connectivity index (χ1n) is 7.05. The molecule has 2 N–H and O–H groups in total. The summed E-state index contributed by atoms with van der Waals surface area (Å²) in [5, 5.41) is 13.3. The molecule has 5 atom stereocenters. The van der Waals surface area contributed by atoms with E-state index in [0.29, 0.717) is 12.3 Å². The van der Waals surface area contributed by atoms with Crippen molar-refractivity contribution in [3.63, 3.8) is 0 Å². The van der Waals surface area contributed by atoms with Crippen molar-refractivity contribution in [2.45, 2.75) is 43.4 Å². The fraction of sp³-hybridized carbons (Fsp3) is 0.714. The molecule has 0 bridgehead atoms. The Morgan fingerprint density at radius 3 is 2.95 bits per heavy atom. The number of amides is 1. The number of nitrogens with one attached hydrogen (secondary N) is 1. The third-order valence-corrected chi connectivity index (χ3v) is 4.85. The molecular weight excluding hydrogens is 282 g/mol. The standard InChI is InChI=1S/C14H18ClNO4/c15-7-6-9-11-14(13(19)20-11,16-12(9)18)10(17)8-4-2-1-3-5-8/h2,4,8-11,17H,1,3,5-7H2,(H,16,18)/t8?,9-,10+,11+,14-/m1/s1. The van der Waals surface area contributed by atoms with E-state index in [4.69, 9.17) is 16.3 Å². The van der Waals surface area contributed by atoms with Crippen molar-refractivity contribution in [2.24, 2.45) is 11.8 Å². The molecule has 0 radical (unpaired) electrons. The van der Waals surface area contributed by atoms with Crippen molar-refractivity contribution in [2.75, 3.05) is 5.88 Å². The topological polar surface area (TPSA) is 75.6 Å². The van der Waals surface area contributed by atoms with Gasteiger partial charge in [0, 0.05) is 11.8 Å². The third-order valence-electron chi connectivity index (χ3n) is 4.64. The molecule has 2 aliphatic heterocycles. The highest BCUT2D eigenvalue weighted by Crippen LogP contribution is 2.45. The number of esters is 1. The van der Waals surface area contributed by atoms with Crippen LogP contribution in [0.25, 0.3) is 0 Å². The maximum Gasteiger partial charge on any atom is 0.339 e. The van der Waals surface area contributed by atoms with E-state index in [-0.39, 0.29) is 11.8 Å². The number of fused-ring (bicyclic) bond motifs is 1. The molecule has 2 fully saturated rings. The minimum absolute atomic E-state index is 0.117. The third kappa shape index (κ3) is 1.79. The van der Waals surface area contributed by atoms with E-state index >= 15 is 0 Å². The second kappa shape index (κ2) is 5.04. The zero-order chi connectivity index (χ0) is 14.3. The molecule has 3 aliphatic rings. The first-order valence-corrected chi connectivity index (χ1v) is 7.58. The van der Waals surface area contributed by atoms with Crippen LogP contribution in [0, 0.1) is 11.8 Å². The predicted molar refractivity (Wildman–Crippen MR) is 72.1 cm³/mol. The number of halogens is 1. The van der Waals surface area contributed by atoms with Gasteiger partial charge in [0.05, 0.1) is 12.0 Å². The van der Waals surface area contributed by atoms with Gasteiger partial charge < -0.3 is 15.2 Å². The van der Waals surface area contributed by atoms with Gasteiger partial charge in [-0.15, -0.1) is 11.6 Å². The quantitative estimate of drug-likeness (QED) is 0.456. The Hall–Kier alpha value is -1.07. The number of aliphatic hydroxyl groups excluding tert-OH is 1. The molecule has 0 aromatic heterocycles. The maximum atomic E-state index is 12.0. The van der Waals surface area contributed by atoms with Gasteiger partial charge in [0.2, 0.25) is 11.4 Å². The van der Waals surface area contributed by atoms with Gasteiger partial charge in [-0.3, -0.25) is 4.79 Å². The SMILES string of the molecule is O=C1N[C@@]2([C@@H](O)C3C=CCCC3)C(=O)O[C@H]2[C@H]1CCCl. The number of ether oxygens (including phenoxy) is 1. The Kier molecular flexibility index (Phi) is 3.50. The average molecular weight is 300 g/mol. The summed E-state index contributed by atoms with van der Waals surface area (Å²) in [5.41, 5.74) is -1.26. The van der Waals surface area contributed by atoms with Crippen LogP contribution in [0.3, 0.4) is 0 Å². The molecule has 2 heterocycles. The van der Waals surface area contributed by atoms with Crippen LogP contribution in [-0.4, -0.2) is 40.6 Å². The van der Waals surface area contributed by atoms with Crippen molar-refractivity contribution in [1.29, 1.82) is 0 Å². The number of alkyl halides is 1. The van der Waals surface area contributed by atoms with E-state index in [1.165, 1.54) is 0 Å². The van der Waals surface area contributed by atoms with Crippen LogP contribution in [-0.2, 0) is 14.3 Å². The Morgan fingerprint density at radius 1 is 1.55 bits per heavy atom. The van der Waals surface area contributed by atoms with Crippen LogP contribution in [0.4, 0.5) is 0 Å². The van der Waals surface area contributed by atoms with Gasteiger partial charge in [-0.1, -0.05) is 12.2 Å². The highest BCUT2D eigenvalue weighted by atomic mass is 35.5. The van der Waals surface area contributed by atoms with E-state index in [2.05, 4.69) is 5.32 Å². The molecule has 1 aliphatic carbocycles. The largest absolute Gasteiger partial charge is 0.456 e. The Balaban J connectivity index is 1.86. The summed E-state index contributed by atoms with van der Waals surface area (Å²) in [6.45, 7) is 0. The molecule has 3 rings (SSSR count). The average Bonchev–Trinajstić information content (AvgIpc) is 2.69. The van der Waals surface area contributed by atoms with Crippen molar-refractivity contribution in [1.82, 2.24) is 5.32 Å². The molecule has 5 nitrogen and oxygen atoms in total. The number of allylic oxidation sites excluding steroid dienone is 1. The van der Waals surface area contributed by atoms with Gasteiger partial charge in [-0.2, -0.15) is 0 Å². The molecule has 20 heavy (non-hydrogen) atoms. The van der Waals surface area contributed by atoms with Gasteiger partial charge >= 0.3 is 5.97 Å². The van der Waals surface area contributed by atoms with E-state index in [1.54, 1.807) is 0 Å². The van der Waals surface area contributed by atoms with Crippen LogP contribution in [0.2, 0.25) is 0 Å². The van der Waals surface area contributed by atoms with Crippen LogP contribution < -0.4 is 5.32 Å². The lowest BCUT2D eigenvalue weighted by atomic mass is 9.72. The highest BCUT2D eigenvalue weighted by molar-refractivity contribution is 6.18. The Morgan fingerprint density at radius 2 is 2.35 bits per heavy atom. The summed E-state index contributed by atoms with van der Waals surface area (Å²) >= 11 is 5.70. The number of aliphatic hydroxyl groups is 1. The fourth-order valence-corrected chi connectivity index (χ4v) is 3.76. The normalized spacial score (nSPS) is 40.6. The second-order valence-corrected chi connectivity index (χ2v) is 6.11. The van der Waals surface area contributed by atoms with Gasteiger partial charge in [-0.05, 0) is 25.7 Å². The molecule has 1 amide bonds. The molecule has 1 unspecified atom stereocenters. The Labute approximate surface area is 122 Å². The number of carbonyl (C=O) groups is 2. The summed E-state index contributed by atoms with van der Waals surface area (Å²) < 4.78 is 5.15. The zero-order valence-electron chi connectivity index (χ0n) is 11.0. The predicted octanol–water partition coefficient (Wildman–Crippen LogP) is 0.743. The van der Waals surface area contributed by atoms with Crippen LogP contribution >= 0.6 is 11.6 Å². The van der Waals surface area contributed by atoms with Crippen molar-refractivity contribution in [3.05, 3.63) is 12.2 Å². The molecule has 2 saturated heterocycles. The van der Waals surface area contributed by atoms with Gasteiger partial charge in [0.15, 0.2) is 0 Å². The number of hydrogen-bond acceptors (Lipinski definition) is 4. The van der Waals surface area contributed by atoms with Crippen molar-refractivity contribution >= 4 is 23.5 Å². The molecule has 6 heteroatoms. The zero-order valence-corrected chi connectivity index (χ0v) is 11.8. The van der Waals surface area contributed by atoms with Gasteiger partial charge in [0.1, 0.15) is 6.10 Å². The van der Waals surface area contributed by atoms with E-state index in [1.807, 2.05) is 12.2 Å². The summed E-state index contributed by atoms with van der Waals surface area (Å²) in [7, 11) is 0. The second-order valence-electron chi connectivity index (χ2n) is 5.74. The monoisotopic (exact) mass is 299 g/mol. The molecule has 0 aromatic rings. The first-order chi connectivity index (χ1) is 9.61. The van der Waals surface area contributed by atoms with Crippen LogP contribution in [0.1, 0.15) is 25.7 Å². The molecule has 0 aromatic carbocycles. The lowest BCUT2D eigenvalue weighted by molar-refractivity contribution is -0.207. The van der Waals surface area contributed by atoms with Gasteiger partial charge in [-0.25, -0.2) is 4.79 Å². The first kappa shape index (κ1) is 13.9. The number of hydrogen-bond donors (Lipinski definition) is 2. The number of carbonyl (C=O) groups excluding carboxylic acids is 2. The summed E-state index contributed by atoms with van der Waals surface area (Å²) in [4.78, 5) is 24.0.